The Bertz CT molecular complexity index is 416. The van der Waals surface area contributed by atoms with E-state index in [0.29, 0.717) is 0 Å². The molecule has 0 aliphatic carbocycles. The number of rotatable bonds is 6. The number of methoxy groups -OCH3 is 2. The van der Waals surface area contributed by atoms with E-state index in [9.17, 15) is 0 Å². The SMILES string of the molecule is CCNC(c1ccc(OC)c(OC)c1)C1CCCCO1. The Morgan fingerprint density at radius 3 is 2.65 bits per heavy atom. The highest BCUT2D eigenvalue weighted by Gasteiger charge is 2.26. The molecule has 4 nitrogen and oxygen atoms in total. The molecule has 1 aromatic carbocycles. The zero-order valence-electron chi connectivity index (χ0n) is 12.6. The highest BCUT2D eigenvalue weighted by Crippen LogP contribution is 2.33. The molecule has 0 aromatic heterocycles. The number of nitrogens with one attached hydrogen (secondary N) is 1. The van der Waals surface area contributed by atoms with Crippen molar-refractivity contribution in [2.45, 2.75) is 38.3 Å². The van der Waals surface area contributed by atoms with Gasteiger partial charge in [0.15, 0.2) is 11.5 Å². The van der Waals surface area contributed by atoms with Gasteiger partial charge in [0.1, 0.15) is 0 Å². The summed E-state index contributed by atoms with van der Waals surface area (Å²) in [6.45, 7) is 3.90. The molecule has 1 fully saturated rings. The zero-order chi connectivity index (χ0) is 14.4. The van der Waals surface area contributed by atoms with Crippen molar-refractivity contribution in [1.82, 2.24) is 5.32 Å². The van der Waals surface area contributed by atoms with Crippen LogP contribution in [0.5, 0.6) is 11.5 Å². The van der Waals surface area contributed by atoms with Crippen LogP contribution in [0.25, 0.3) is 0 Å². The maximum absolute atomic E-state index is 5.94. The van der Waals surface area contributed by atoms with Gasteiger partial charge in [-0.2, -0.15) is 0 Å². The smallest absolute Gasteiger partial charge is 0.161 e. The lowest BCUT2D eigenvalue weighted by atomic mass is 9.95. The summed E-state index contributed by atoms with van der Waals surface area (Å²) in [5.74, 6) is 1.53. The summed E-state index contributed by atoms with van der Waals surface area (Å²) < 4.78 is 16.6. The van der Waals surface area contributed by atoms with Crippen LogP contribution in [0, 0.1) is 0 Å². The Balaban J connectivity index is 2.23. The van der Waals surface area contributed by atoms with Gasteiger partial charge in [-0.05, 0) is 43.5 Å². The van der Waals surface area contributed by atoms with Crippen LogP contribution in [-0.4, -0.2) is 33.5 Å². The van der Waals surface area contributed by atoms with Crippen molar-refractivity contribution in [2.75, 3.05) is 27.4 Å². The molecule has 1 heterocycles. The molecular weight excluding hydrogens is 254 g/mol. The van der Waals surface area contributed by atoms with E-state index in [1.54, 1.807) is 14.2 Å². The maximum Gasteiger partial charge on any atom is 0.161 e. The number of ether oxygens (including phenoxy) is 3. The molecule has 1 N–H and O–H groups in total. The normalized spacial score (nSPS) is 20.4. The van der Waals surface area contributed by atoms with Gasteiger partial charge < -0.3 is 19.5 Å². The third-order valence-electron chi connectivity index (χ3n) is 3.78. The van der Waals surface area contributed by atoms with Crippen molar-refractivity contribution in [3.8, 4) is 11.5 Å². The van der Waals surface area contributed by atoms with E-state index in [1.165, 1.54) is 18.4 Å². The number of hydrogen-bond acceptors (Lipinski definition) is 4. The minimum atomic E-state index is 0.208. The second kappa shape index (κ2) is 7.50. The maximum atomic E-state index is 5.94. The van der Waals surface area contributed by atoms with Gasteiger partial charge in [0.05, 0.1) is 26.4 Å². The van der Waals surface area contributed by atoms with E-state index in [-0.39, 0.29) is 12.1 Å². The summed E-state index contributed by atoms with van der Waals surface area (Å²) in [6, 6.07) is 6.30. The molecule has 0 radical (unpaired) electrons. The van der Waals surface area contributed by atoms with Gasteiger partial charge >= 0.3 is 0 Å². The molecule has 20 heavy (non-hydrogen) atoms. The average Bonchev–Trinajstić information content (AvgIpc) is 2.52. The van der Waals surface area contributed by atoms with Crippen LogP contribution in [0.15, 0.2) is 18.2 Å². The molecule has 2 atom stereocenters. The first-order valence-corrected chi connectivity index (χ1v) is 7.37. The average molecular weight is 279 g/mol. The number of benzene rings is 1. The summed E-state index contributed by atoms with van der Waals surface area (Å²) in [5.41, 5.74) is 1.19. The van der Waals surface area contributed by atoms with Crippen LogP contribution in [0.2, 0.25) is 0 Å². The summed E-state index contributed by atoms with van der Waals surface area (Å²) in [5, 5.41) is 3.54. The van der Waals surface area contributed by atoms with Crippen LogP contribution >= 0.6 is 0 Å². The van der Waals surface area contributed by atoms with Crippen LogP contribution < -0.4 is 14.8 Å². The predicted molar refractivity (Wildman–Crippen MR) is 79.6 cm³/mol. The molecule has 0 amide bonds. The molecular formula is C16H25NO3. The van der Waals surface area contributed by atoms with Crippen LogP contribution in [0.4, 0.5) is 0 Å². The summed E-state index contributed by atoms with van der Waals surface area (Å²) >= 11 is 0. The predicted octanol–water partition coefficient (Wildman–Crippen LogP) is 2.92. The van der Waals surface area contributed by atoms with Crippen molar-refractivity contribution in [3.63, 3.8) is 0 Å². The fraction of sp³-hybridized carbons (Fsp3) is 0.625. The minimum Gasteiger partial charge on any atom is -0.493 e. The van der Waals surface area contributed by atoms with E-state index < -0.39 is 0 Å². The lowest BCUT2D eigenvalue weighted by Gasteiger charge is -2.31. The molecule has 1 aliphatic heterocycles. The Hall–Kier alpha value is -1.26. The molecule has 0 saturated carbocycles. The van der Waals surface area contributed by atoms with E-state index in [4.69, 9.17) is 14.2 Å². The van der Waals surface area contributed by atoms with Crippen molar-refractivity contribution < 1.29 is 14.2 Å². The first-order valence-electron chi connectivity index (χ1n) is 7.37. The fourth-order valence-corrected chi connectivity index (χ4v) is 2.76. The highest BCUT2D eigenvalue weighted by atomic mass is 16.5. The zero-order valence-corrected chi connectivity index (χ0v) is 12.6. The lowest BCUT2D eigenvalue weighted by molar-refractivity contribution is -0.00790. The van der Waals surface area contributed by atoms with Crippen molar-refractivity contribution >= 4 is 0 Å². The van der Waals surface area contributed by atoms with Crippen LogP contribution in [-0.2, 0) is 4.74 Å². The molecule has 0 bridgehead atoms. The molecule has 1 saturated heterocycles. The van der Waals surface area contributed by atoms with Crippen molar-refractivity contribution in [1.29, 1.82) is 0 Å². The third kappa shape index (κ3) is 3.44. The topological polar surface area (TPSA) is 39.7 Å². The van der Waals surface area contributed by atoms with Crippen LogP contribution in [0.3, 0.4) is 0 Å². The Kier molecular flexibility index (Phi) is 5.68. The van der Waals surface area contributed by atoms with Gasteiger partial charge in [-0.15, -0.1) is 0 Å². The van der Waals surface area contributed by atoms with Gasteiger partial charge in [0.2, 0.25) is 0 Å². The summed E-state index contributed by atoms with van der Waals surface area (Å²) in [4.78, 5) is 0. The summed E-state index contributed by atoms with van der Waals surface area (Å²) in [6.07, 6.45) is 3.74. The molecule has 2 unspecified atom stereocenters. The highest BCUT2D eigenvalue weighted by molar-refractivity contribution is 5.44. The lowest BCUT2D eigenvalue weighted by Crippen LogP contribution is -2.36. The second-order valence-electron chi connectivity index (χ2n) is 5.05. The molecule has 1 aromatic rings. The minimum absolute atomic E-state index is 0.208. The van der Waals surface area contributed by atoms with Gasteiger partial charge in [-0.3, -0.25) is 0 Å². The summed E-state index contributed by atoms with van der Waals surface area (Å²) in [7, 11) is 3.32. The quantitative estimate of drug-likeness (QED) is 0.869. The second-order valence-corrected chi connectivity index (χ2v) is 5.05. The Morgan fingerprint density at radius 1 is 1.25 bits per heavy atom. The molecule has 4 heteroatoms. The van der Waals surface area contributed by atoms with Gasteiger partial charge in [0, 0.05) is 6.61 Å². The van der Waals surface area contributed by atoms with Gasteiger partial charge in [-0.25, -0.2) is 0 Å². The molecule has 112 valence electrons. The first-order chi connectivity index (χ1) is 9.80. The standard InChI is InChI=1S/C16H25NO3/c1-4-17-16(14-7-5-6-10-20-14)12-8-9-13(18-2)15(11-12)19-3/h8-9,11,14,16-17H,4-7,10H2,1-3H3. The van der Waals surface area contributed by atoms with Crippen molar-refractivity contribution in [2.24, 2.45) is 0 Å². The number of likely N-dealkylation sites (N-methyl/N-ethyl adjacent to an activating group) is 1. The van der Waals surface area contributed by atoms with E-state index in [2.05, 4.69) is 18.3 Å². The van der Waals surface area contributed by atoms with E-state index >= 15 is 0 Å². The van der Waals surface area contributed by atoms with Gasteiger partial charge in [0.25, 0.3) is 0 Å². The molecule has 0 spiro atoms. The first kappa shape index (κ1) is 15.1. The monoisotopic (exact) mass is 279 g/mol. The van der Waals surface area contributed by atoms with Gasteiger partial charge in [-0.1, -0.05) is 13.0 Å². The molecule has 2 rings (SSSR count). The fourth-order valence-electron chi connectivity index (χ4n) is 2.76. The largest absolute Gasteiger partial charge is 0.493 e. The molecule has 1 aliphatic rings. The third-order valence-corrected chi connectivity index (χ3v) is 3.78. The van der Waals surface area contributed by atoms with Crippen LogP contribution in [0.1, 0.15) is 37.8 Å². The van der Waals surface area contributed by atoms with E-state index in [0.717, 1.165) is 31.1 Å². The Labute approximate surface area is 121 Å². The number of hydrogen-bond donors (Lipinski definition) is 1. The Morgan fingerprint density at radius 2 is 2.05 bits per heavy atom. The van der Waals surface area contributed by atoms with Crippen molar-refractivity contribution in [3.05, 3.63) is 23.8 Å². The van der Waals surface area contributed by atoms with E-state index in [1.807, 2.05) is 12.1 Å².